The van der Waals surface area contributed by atoms with E-state index in [9.17, 15) is 12.8 Å². The van der Waals surface area contributed by atoms with Gasteiger partial charge in [-0.1, -0.05) is 0 Å². The van der Waals surface area contributed by atoms with Crippen molar-refractivity contribution in [1.82, 2.24) is 29.8 Å². The zero-order chi connectivity index (χ0) is 27.1. The fourth-order valence-electron chi connectivity index (χ4n) is 4.51. The number of anilines is 4. The minimum absolute atomic E-state index is 0.0930. The van der Waals surface area contributed by atoms with Crippen molar-refractivity contribution in [3.63, 3.8) is 0 Å². The van der Waals surface area contributed by atoms with E-state index in [1.807, 2.05) is 7.05 Å². The molecule has 1 aliphatic rings. The summed E-state index contributed by atoms with van der Waals surface area (Å²) in [5.74, 6) is 0.554. The number of nitrogens with one attached hydrogen (secondary N) is 4. The summed E-state index contributed by atoms with van der Waals surface area (Å²) in [4.78, 5) is 11.1. The largest absolute Gasteiger partial charge is 0.340 e. The van der Waals surface area contributed by atoms with E-state index in [0.29, 0.717) is 29.7 Å². The van der Waals surface area contributed by atoms with Crippen LogP contribution in [0.5, 0.6) is 0 Å². The second-order valence-corrected chi connectivity index (χ2v) is 11.1. The molecule has 1 aromatic heterocycles. The first-order valence-electron chi connectivity index (χ1n) is 12.6. The molecule has 1 fully saturated rings. The van der Waals surface area contributed by atoms with Gasteiger partial charge in [-0.3, -0.25) is 0 Å². The monoisotopic (exact) mass is 542 g/mol. The van der Waals surface area contributed by atoms with E-state index in [1.54, 1.807) is 60.0 Å². The van der Waals surface area contributed by atoms with Crippen molar-refractivity contribution in [3.05, 3.63) is 66.6 Å². The molecule has 1 atom stereocenters. The molecule has 1 aliphatic heterocycles. The molecule has 1 saturated heterocycles. The quantitative estimate of drug-likeness (QED) is 0.272. The number of likely N-dealkylation sites (tertiary alicyclic amines) is 1. The molecule has 0 amide bonds. The van der Waals surface area contributed by atoms with Crippen molar-refractivity contribution < 1.29 is 12.8 Å². The average molecular weight is 543 g/mol. The highest BCUT2D eigenvalue weighted by molar-refractivity contribution is 7.89. The molecule has 3 aromatic rings. The molecule has 0 spiro atoms. The van der Waals surface area contributed by atoms with E-state index in [0.717, 1.165) is 25.9 Å². The summed E-state index contributed by atoms with van der Waals surface area (Å²) in [6.07, 6.45) is 2.77. The number of benzene rings is 2. The van der Waals surface area contributed by atoms with Crippen LogP contribution in [0.15, 0.2) is 65.7 Å². The maximum absolute atomic E-state index is 13.9. The van der Waals surface area contributed by atoms with Gasteiger partial charge < -0.3 is 26.2 Å². The van der Waals surface area contributed by atoms with Crippen molar-refractivity contribution in [1.29, 1.82) is 0 Å². The number of halogens is 1. The third kappa shape index (κ3) is 6.83. The first-order chi connectivity index (χ1) is 18.3. The number of nitrogens with zero attached hydrogens (tertiary/aromatic N) is 4. The summed E-state index contributed by atoms with van der Waals surface area (Å²) >= 11 is 0. The molecule has 0 saturated carbocycles. The normalized spacial score (nSPS) is 15.9. The highest BCUT2D eigenvalue weighted by atomic mass is 32.2. The molecule has 2 aromatic carbocycles. The number of sulfonamides is 1. The lowest BCUT2D eigenvalue weighted by Crippen LogP contribution is -2.58. The Labute approximate surface area is 223 Å². The molecule has 0 bridgehead atoms. The predicted molar refractivity (Wildman–Crippen MR) is 148 cm³/mol. The van der Waals surface area contributed by atoms with E-state index >= 15 is 0 Å². The predicted octanol–water partition coefficient (Wildman–Crippen LogP) is 2.95. The van der Waals surface area contributed by atoms with Crippen LogP contribution < -0.4 is 21.3 Å². The molecule has 2 heterocycles. The minimum Gasteiger partial charge on any atom is -0.340 e. The molecular formula is C26H35FN8O2S. The van der Waals surface area contributed by atoms with Crippen molar-refractivity contribution >= 4 is 33.2 Å². The minimum atomic E-state index is -3.77. The summed E-state index contributed by atoms with van der Waals surface area (Å²) in [5, 5.41) is 12.5. The van der Waals surface area contributed by atoms with Crippen LogP contribution >= 0.6 is 0 Å². The Bertz CT molecular complexity index is 1280. The van der Waals surface area contributed by atoms with Gasteiger partial charge in [-0.05, 0) is 102 Å². The van der Waals surface area contributed by atoms with Gasteiger partial charge in [0.05, 0.1) is 11.1 Å². The van der Waals surface area contributed by atoms with Crippen molar-refractivity contribution in [2.45, 2.75) is 29.9 Å². The van der Waals surface area contributed by atoms with Gasteiger partial charge in [-0.25, -0.2) is 17.8 Å². The van der Waals surface area contributed by atoms with Gasteiger partial charge in [-0.2, -0.15) is 9.29 Å². The Kier molecular flexibility index (Phi) is 9.23. The molecule has 4 N–H and O–H groups in total. The Balaban J connectivity index is 1.51. The fraction of sp³-hybridized carbons (Fsp3) is 0.385. The molecule has 0 aliphatic carbocycles. The van der Waals surface area contributed by atoms with Gasteiger partial charge in [0, 0.05) is 30.2 Å². The van der Waals surface area contributed by atoms with Crippen LogP contribution in [0.1, 0.15) is 12.8 Å². The molecular weight excluding hydrogens is 507 g/mol. The Morgan fingerprint density at radius 3 is 2.26 bits per heavy atom. The van der Waals surface area contributed by atoms with E-state index in [-0.39, 0.29) is 22.9 Å². The van der Waals surface area contributed by atoms with Crippen LogP contribution in [0.3, 0.4) is 0 Å². The van der Waals surface area contributed by atoms with Crippen LogP contribution in [0, 0.1) is 5.82 Å². The summed E-state index contributed by atoms with van der Waals surface area (Å²) in [6.45, 7) is 2.19. The number of rotatable bonds is 11. The summed E-state index contributed by atoms with van der Waals surface area (Å²) in [7, 11) is 1.89. The summed E-state index contributed by atoms with van der Waals surface area (Å²) in [5.41, 5.74) is 1.34. The summed E-state index contributed by atoms with van der Waals surface area (Å²) in [6, 6.07) is 14.2. The highest BCUT2D eigenvalue weighted by Gasteiger charge is 2.37. The number of hydrogen-bond donors (Lipinski definition) is 4. The number of piperidine rings is 1. The van der Waals surface area contributed by atoms with Gasteiger partial charge in [0.25, 0.3) is 0 Å². The maximum Gasteiger partial charge on any atom is 0.244 e. The second-order valence-electron chi connectivity index (χ2n) is 9.28. The molecule has 204 valence electrons. The van der Waals surface area contributed by atoms with Crippen molar-refractivity contribution in [3.8, 4) is 0 Å². The fourth-order valence-corrected chi connectivity index (χ4v) is 6.35. The zero-order valence-electron chi connectivity index (χ0n) is 21.9. The van der Waals surface area contributed by atoms with E-state index < -0.39 is 10.0 Å². The molecule has 12 heteroatoms. The Morgan fingerprint density at radius 2 is 1.63 bits per heavy atom. The third-order valence-corrected chi connectivity index (χ3v) is 8.52. The molecule has 0 radical (unpaired) electrons. The van der Waals surface area contributed by atoms with Gasteiger partial charge in [-0.15, -0.1) is 0 Å². The van der Waals surface area contributed by atoms with Crippen LogP contribution in [0.2, 0.25) is 0 Å². The van der Waals surface area contributed by atoms with Gasteiger partial charge >= 0.3 is 0 Å². The Morgan fingerprint density at radius 1 is 1.00 bits per heavy atom. The smallest absolute Gasteiger partial charge is 0.244 e. The Hall–Kier alpha value is -3.16. The van der Waals surface area contributed by atoms with Gasteiger partial charge in [0.1, 0.15) is 11.6 Å². The van der Waals surface area contributed by atoms with Crippen molar-refractivity contribution in [2.75, 3.05) is 51.4 Å². The van der Waals surface area contributed by atoms with Crippen LogP contribution in [0.25, 0.3) is 0 Å². The molecule has 38 heavy (non-hydrogen) atoms. The lowest BCUT2D eigenvalue weighted by Gasteiger charge is -2.40. The third-order valence-electron chi connectivity index (χ3n) is 6.54. The average Bonchev–Trinajstić information content (AvgIpc) is 2.91. The first kappa shape index (κ1) is 27.9. The van der Waals surface area contributed by atoms with Crippen LogP contribution in [-0.4, -0.2) is 80.6 Å². The lowest BCUT2D eigenvalue weighted by molar-refractivity contribution is 0.143. The van der Waals surface area contributed by atoms with E-state index in [2.05, 4.69) is 43.2 Å². The van der Waals surface area contributed by atoms with E-state index in [4.69, 9.17) is 0 Å². The number of likely N-dealkylation sites (N-methyl/N-ethyl adjacent to an activating group) is 2. The van der Waals surface area contributed by atoms with Crippen molar-refractivity contribution in [2.24, 2.45) is 0 Å². The zero-order valence-corrected chi connectivity index (χ0v) is 22.7. The number of hydrogen-bond acceptors (Lipinski definition) is 9. The lowest BCUT2D eigenvalue weighted by atomic mass is 10.1. The van der Waals surface area contributed by atoms with Gasteiger partial charge in [0.15, 0.2) is 0 Å². The topological polar surface area (TPSA) is 115 Å². The molecule has 4 rings (SSSR count). The van der Waals surface area contributed by atoms with E-state index in [1.165, 1.54) is 12.1 Å². The van der Waals surface area contributed by atoms with Gasteiger partial charge in [0.2, 0.25) is 16.0 Å². The molecule has 1 unspecified atom stereocenters. The SMILES string of the molecule is CNCC(NC)N(C1CCN(C)CC1)S(=O)(=O)c1ccc(Nc2nccc(Nc3ccc(F)cc3)n2)cc1. The maximum atomic E-state index is 13.9. The summed E-state index contributed by atoms with van der Waals surface area (Å²) < 4.78 is 42.5. The number of aromatic nitrogens is 2. The van der Waals surface area contributed by atoms with Crippen LogP contribution in [-0.2, 0) is 10.0 Å². The highest BCUT2D eigenvalue weighted by Crippen LogP contribution is 2.27. The first-order valence-corrected chi connectivity index (χ1v) is 14.0. The second kappa shape index (κ2) is 12.6. The molecule has 10 nitrogen and oxygen atoms in total. The van der Waals surface area contributed by atoms with Crippen LogP contribution in [0.4, 0.5) is 27.5 Å². The standard InChI is InChI=1S/C26H35FN8O2S/c1-28-18-25(29-2)35(22-13-16-34(3)17-14-22)38(36,37)23-10-8-21(9-11-23)32-26-30-15-12-24(33-26)31-20-6-4-19(27)5-7-20/h4-12,15,22,25,28-29H,13-14,16-18H2,1-3H3,(H2,30,31,32,33).